The van der Waals surface area contributed by atoms with Gasteiger partial charge in [-0.15, -0.1) is 0 Å². The summed E-state index contributed by atoms with van der Waals surface area (Å²) in [5, 5.41) is 1.67. The largest absolute Gasteiger partial charge is 1.00 e. The van der Waals surface area contributed by atoms with Crippen LogP contribution < -0.4 is 24.8 Å². The van der Waals surface area contributed by atoms with E-state index in [1.165, 1.54) is 44.6 Å². The Kier molecular flexibility index (Phi) is 11.8. The number of hydrogen-bond acceptors (Lipinski definition) is 0. The Balaban J connectivity index is 0.00000161. The third-order valence-electron chi connectivity index (χ3n) is 8.99. The number of hydrogen-bond donors (Lipinski definition) is 0. The van der Waals surface area contributed by atoms with Crippen LogP contribution in [-0.2, 0) is 20.3 Å². The van der Waals surface area contributed by atoms with Crippen molar-refractivity contribution < 1.29 is 45.1 Å². The van der Waals surface area contributed by atoms with Gasteiger partial charge in [-0.05, 0) is 11.0 Å². The van der Waals surface area contributed by atoms with E-state index in [9.17, 15) is 0 Å². The average molecular weight is 732 g/mol. The summed E-state index contributed by atoms with van der Waals surface area (Å²) >= 11 is 10.5. The van der Waals surface area contributed by atoms with Crippen LogP contribution in [-0.4, -0.2) is 11.0 Å². The van der Waals surface area contributed by atoms with E-state index in [-0.39, 0.29) is 47.6 Å². The molecule has 0 fully saturated rings. The zero-order valence-electron chi connectivity index (χ0n) is 23.7. The second-order valence-corrected chi connectivity index (χ2v) is 24.4. The van der Waals surface area contributed by atoms with E-state index >= 15 is 0 Å². The first-order valence-electron chi connectivity index (χ1n) is 13.8. The van der Waals surface area contributed by atoms with Gasteiger partial charge in [0.1, 0.15) is 0 Å². The predicted octanol–water partition coefficient (Wildman–Crippen LogP) is 4.01. The van der Waals surface area contributed by atoms with Crippen molar-refractivity contribution in [3.63, 3.8) is 0 Å². The van der Waals surface area contributed by atoms with E-state index < -0.39 is 20.3 Å². The minimum absolute atomic E-state index is 0. The first-order chi connectivity index (χ1) is 18.8. The predicted molar refractivity (Wildman–Crippen MR) is 177 cm³/mol. The van der Waals surface area contributed by atoms with Crippen LogP contribution in [0.5, 0.6) is 0 Å². The first-order valence-corrected chi connectivity index (χ1v) is 22.3. The van der Waals surface area contributed by atoms with Gasteiger partial charge in [0.25, 0.3) is 0 Å². The summed E-state index contributed by atoms with van der Waals surface area (Å²) in [7, 11) is 0. The van der Waals surface area contributed by atoms with Crippen LogP contribution in [0.1, 0.15) is 36.8 Å². The van der Waals surface area contributed by atoms with E-state index in [0.717, 1.165) is 10.0 Å². The Hall–Kier alpha value is -1.38. The minimum atomic E-state index is -2.98. The van der Waals surface area contributed by atoms with E-state index in [1.54, 1.807) is 0 Å². The zero-order chi connectivity index (χ0) is 27.3. The van der Waals surface area contributed by atoms with Gasteiger partial charge in [0.05, 0.1) is 0 Å². The summed E-state index contributed by atoms with van der Waals surface area (Å²) in [5.41, 5.74) is 11.2. The van der Waals surface area contributed by atoms with Crippen molar-refractivity contribution in [1.29, 1.82) is 0 Å². The maximum Gasteiger partial charge on any atom is -0.0149 e. The Morgan fingerprint density at radius 3 is 1.33 bits per heavy atom. The van der Waals surface area contributed by atoms with E-state index in [0.29, 0.717) is 7.25 Å². The summed E-state index contributed by atoms with van der Waals surface area (Å²) in [4.78, 5) is 0. The molecule has 218 valence electrons. The molecule has 4 aliphatic carbocycles. The van der Waals surface area contributed by atoms with Gasteiger partial charge in [-0.1, -0.05) is 0 Å². The molecule has 42 heavy (non-hydrogen) atoms. The Labute approximate surface area is 283 Å². The molecule has 2 aromatic rings. The number of benzene rings is 2. The molecule has 0 heterocycles. The number of halogens is 4. The third-order valence-corrected chi connectivity index (χ3v) is 20.8. The maximum absolute atomic E-state index is 6.73. The second-order valence-electron chi connectivity index (χ2n) is 11.8. The molecular weight excluding hydrogens is 694 g/mol. The normalized spacial score (nSPS) is 23.7. The van der Waals surface area contributed by atoms with Crippen molar-refractivity contribution in [2.75, 3.05) is 0 Å². The zero-order valence-corrected chi connectivity index (χ0v) is 29.2. The van der Waals surface area contributed by atoms with E-state index in [2.05, 4.69) is 108 Å². The van der Waals surface area contributed by atoms with E-state index in [4.69, 9.17) is 23.2 Å². The van der Waals surface area contributed by atoms with Crippen molar-refractivity contribution in [2.45, 2.75) is 42.2 Å². The maximum atomic E-state index is 6.73. The summed E-state index contributed by atoms with van der Waals surface area (Å²) in [6, 6.07) is 16.6. The summed E-state index contributed by atoms with van der Waals surface area (Å²) in [6.45, 7) is 4.72. The minimum Gasteiger partial charge on any atom is -1.00 e. The van der Waals surface area contributed by atoms with Gasteiger partial charge < -0.3 is 24.8 Å². The van der Waals surface area contributed by atoms with Crippen LogP contribution in [0.25, 0.3) is 0 Å². The molecule has 0 aliphatic heterocycles. The van der Waals surface area contributed by atoms with Crippen LogP contribution in [0, 0.1) is 0 Å². The van der Waals surface area contributed by atoms with Gasteiger partial charge >= 0.3 is 250 Å². The quantitative estimate of drug-likeness (QED) is 0.418. The molecular formula is C36H38Cl4SiZr. The van der Waals surface area contributed by atoms with Gasteiger partial charge in [-0.25, -0.2) is 0 Å². The Bertz CT molecular complexity index is 1480. The van der Waals surface area contributed by atoms with Crippen LogP contribution >= 0.6 is 23.2 Å². The summed E-state index contributed by atoms with van der Waals surface area (Å²) in [5.74, 6) is 0.347. The molecule has 0 bridgehead atoms. The molecule has 0 saturated heterocycles. The van der Waals surface area contributed by atoms with Crippen LogP contribution in [0.3, 0.4) is 0 Å². The molecule has 4 unspecified atom stereocenters. The van der Waals surface area contributed by atoms with Gasteiger partial charge in [0.15, 0.2) is 0 Å². The second kappa shape index (κ2) is 14.2. The fourth-order valence-corrected chi connectivity index (χ4v) is 20.3. The summed E-state index contributed by atoms with van der Waals surface area (Å²) < 4.78 is 6.33. The van der Waals surface area contributed by atoms with E-state index in [1.807, 2.05) is 24.3 Å². The van der Waals surface area contributed by atoms with Crippen molar-refractivity contribution in [1.82, 2.24) is 0 Å². The van der Waals surface area contributed by atoms with Crippen molar-refractivity contribution in [2.24, 2.45) is 0 Å². The van der Waals surface area contributed by atoms with Gasteiger partial charge in [0.2, 0.25) is 0 Å². The molecule has 0 saturated carbocycles. The standard InChI is InChI=1S/2C17H14Cl.2CH3.2ClH.H4Si.Zr/c2*1-12-10-13-6-2-3-7-14(16(13)11-12)15-8-4-5-9-17(15)18;;;;;;/h2*2-11,14H,1H3;2*1H3;2*1H;1H4;/q;;;;;;;+2/p-2. The van der Waals surface area contributed by atoms with Crippen LogP contribution in [0.4, 0.5) is 0 Å². The average Bonchev–Trinajstić information content (AvgIpc) is 3.24. The third kappa shape index (κ3) is 6.10. The molecule has 0 nitrogen and oxygen atoms in total. The van der Waals surface area contributed by atoms with Crippen molar-refractivity contribution in [3.8, 4) is 0 Å². The molecule has 0 N–H and O–H groups in total. The monoisotopic (exact) mass is 728 g/mol. The SMILES string of the molecule is CC1=CC2=C(C=CC=CC2c2ccccc2Cl)[CH]1[Zr+2]([CH3])([CH3])[CH]1C(C)=CC2=C1C=CC=CC2c1ccccc1Cl.[Cl-].[Cl-].[SiH4]. The van der Waals surface area contributed by atoms with Crippen molar-refractivity contribution in [3.05, 3.63) is 164 Å². The van der Waals surface area contributed by atoms with Crippen LogP contribution in [0.15, 0.2) is 143 Å². The van der Waals surface area contributed by atoms with Gasteiger partial charge in [-0.2, -0.15) is 0 Å². The number of rotatable bonds is 4. The van der Waals surface area contributed by atoms with Crippen molar-refractivity contribution >= 4 is 34.2 Å². The first kappa shape index (κ1) is 35.1. The molecule has 4 atom stereocenters. The van der Waals surface area contributed by atoms with Crippen LogP contribution in [0.2, 0.25) is 26.6 Å². The molecule has 6 heteroatoms. The van der Waals surface area contributed by atoms with Gasteiger partial charge in [-0.3, -0.25) is 0 Å². The fraction of sp³-hybridized carbons (Fsp3) is 0.222. The molecule has 4 aliphatic rings. The smallest absolute Gasteiger partial charge is 0.0149 e. The summed E-state index contributed by atoms with van der Waals surface area (Å²) in [6.07, 6.45) is 23.2. The molecule has 6 rings (SSSR count). The Morgan fingerprint density at radius 1 is 0.571 bits per heavy atom. The molecule has 0 amide bonds. The fourth-order valence-electron chi connectivity index (χ4n) is 7.59. The number of allylic oxidation sites excluding steroid dienone is 16. The van der Waals surface area contributed by atoms with Gasteiger partial charge in [0, 0.05) is 0 Å². The topological polar surface area (TPSA) is 0 Å². The molecule has 0 spiro atoms. The molecule has 0 aromatic heterocycles. The molecule has 2 aromatic carbocycles. The molecule has 0 radical (unpaired) electrons. The Morgan fingerprint density at radius 2 is 0.952 bits per heavy atom.